The number of carbonyl (C=O) groups excluding carboxylic acids is 1. The lowest BCUT2D eigenvalue weighted by Crippen LogP contribution is -2.20. The first-order valence-corrected chi connectivity index (χ1v) is 3.80. The number of nitrogens with one attached hydrogen (secondary N) is 1. The van der Waals surface area contributed by atoms with Crippen molar-refractivity contribution in [1.82, 2.24) is 4.98 Å². The van der Waals surface area contributed by atoms with Crippen LogP contribution in [0.1, 0.15) is 12.0 Å². The summed E-state index contributed by atoms with van der Waals surface area (Å²) in [5.74, 6) is 0.681. The minimum absolute atomic E-state index is 0.0276. The number of rotatable bonds is 0. The molecule has 62 valence electrons. The Morgan fingerprint density at radius 2 is 2.33 bits per heavy atom. The van der Waals surface area contributed by atoms with Crippen LogP contribution in [-0.2, 0) is 11.2 Å². The van der Waals surface area contributed by atoms with E-state index in [0.29, 0.717) is 17.9 Å². The van der Waals surface area contributed by atoms with Crippen LogP contribution in [0.4, 0.5) is 11.5 Å². The molecule has 0 saturated heterocycles. The molecule has 4 nitrogen and oxygen atoms in total. The molecule has 3 N–H and O–H groups in total. The lowest BCUT2D eigenvalue weighted by atomic mass is 10.1. The molecule has 2 heterocycles. The number of aromatic nitrogens is 1. The molecule has 0 spiro atoms. The fraction of sp³-hybridized carbons (Fsp3) is 0.250. The Morgan fingerprint density at radius 1 is 1.50 bits per heavy atom. The van der Waals surface area contributed by atoms with E-state index in [-0.39, 0.29) is 5.91 Å². The van der Waals surface area contributed by atoms with Gasteiger partial charge in [0, 0.05) is 6.42 Å². The van der Waals surface area contributed by atoms with Crippen LogP contribution in [0, 0.1) is 0 Å². The SMILES string of the molecule is Nc1cnc2c(c1)CCC(=O)N2. The number of anilines is 2. The lowest BCUT2D eigenvalue weighted by Gasteiger charge is -2.15. The summed E-state index contributed by atoms with van der Waals surface area (Å²) in [6.45, 7) is 0. The second-order valence-corrected chi connectivity index (χ2v) is 2.82. The predicted molar refractivity (Wildman–Crippen MR) is 45.6 cm³/mol. The smallest absolute Gasteiger partial charge is 0.225 e. The molecule has 0 aromatic carbocycles. The molecule has 4 heteroatoms. The molecule has 1 aromatic rings. The Balaban J connectivity index is 2.43. The van der Waals surface area contributed by atoms with Crippen molar-refractivity contribution in [3.05, 3.63) is 17.8 Å². The molecule has 12 heavy (non-hydrogen) atoms. The minimum Gasteiger partial charge on any atom is -0.397 e. The summed E-state index contributed by atoms with van der Waals surface area (Å²) in [6.07, 6.45) is 2.81. The monoisotopic (exact) mass is 163 g/mol. The fourth-order valence-electron chi connectivity index (χ4n) is 1.27. The highest BCUT2D eigenvalue weighted by Crippen LogP contribution is 2.21. The van der Waals surface area contributed by atoms with Crippen LogP contribution in [-0.4, -0.2) is 10.9 Å². The Bertz CT molecular complexity index is 335. The third-order valence-corrected chi connectivity index (χ3v) is 1.87. The molecule has 0 bridgehead atoms. The van der Waals surface area contributed by atoms with Gasteiger partial charge in [-0.05, 0) is 18.1 Å². The Kier molecular flexibility index (Phi) is 1.46. The van der Waals surface area contributed by atoms with Crippen LogP contribution in [0.3, 0.4) is 0 Å². The molecular weight excluding hydrogens is 154 g/mol. The molecule has 0 unspecified atom stereocenters. The second kappa shape index (κ2) is 2.48. The first-order valence-electron chi connectivity index (χ1n) is 3.80. The molecule has 0 saturated carbocycles. The van der Waals surface area contributed by atoms with Crippen molar-refractivity contribution in [1.29, 1.82) is 0 Å². The van der Waals surface area contributed by atoms with Gasteiger partial charge in [-0.15, -0.1) is 0 Å². The van der Waals surface area contributed by atoms with Crippen LogP contribution in [0.2, 0.25) is 0 Å². The van der Waals surface area contributed by atoms with Gasteiger partial charge in [0.1, 0.15) is 5.82 Å². The second-order valence-electron chi connectivity index (χ2n) is 2.82. The van der Waals surface area contributed by atoms with Gasteiger partial charge in [-0.3, -0.25) is 4.79 Å². The molecular formula is C8H9N3O. The molecule has 0 fully saturated rings. The number of nitrogens with zero attached hydrogens (tertiary/aromatic N) is 1. The van der Waals surface area contributed by atoms with Crippen LogP contribution < -0.4 is 11.1 Å². The summed E-state index contributed by atoms with van der Waals surface area (Å²) in [4.78, 5) is 14.9. The van der Waals surface area contributed by atoms with Crippen molar-refractivity contribution in [3.8, 4) is 0 Å². The molecule has 1 aliphatic heterocycles. The lowest BCUT2D eigenvalue weighted by molar-refractivity contribution is -0.116. The fourth-order valence-corrected chi connectivity index (χ4v) is 1.27. The number of hydrogen-bond donors (Lipinski definition) is 2. The number of nitrogens with two attached hydrogens (primary N) is 1. The van der Waals surface area contributed by atoms with Crippen molar-refractivity contribution in [2.24, 2.45) is 0 Å². The standard InChI is InChI=1S/C8H9N3O/c9-6-3-5-1-2-7(12)11-8(5)10-4-6/h3-4H,1-2,9H2,(H,10,11,12). The van der Waals surface area contributed by atoms with Crippen molar-refractivity contribution >= 4 is 17.4 Å². The number of nitrogen functional groups attached to an aromatic ring is 1. The molecule has 1 aliphatic rings. The molecule has 0 atom stereocenters. The van der Waals surface area contributed by atoms with Gasteiger partial charge in [0.15, 0.2) is 0 Å². The van der Waals surface area contributed by atoms with E-state index < -0.39 is 0 Å². The van der Waals surface area contributed by atoms with Gasteiger partial charge >= 0.3 is 0 Å². The topological polar surface area (TPSA) is 68.0 Å². The highest BCUT2D eigenvalue weighted by atomic mass is 16.1. The van der Waals surface area contributed by atoms with E-state index in [1.165, 1.54) is 0 Å². The van der Waals surface area contributed by atoms with Crippen LogP contribution in [0.15, 0.2) is 12.3 Å². The van der Waals surface area contributed by atoms with E-state index >= 15 is 0 Å². The van der Waals surface area contributed by atoms with Gasteiger partial charge in [-0.25, -0.2) is 4.98 Å². The largest absolute Gasteiger partial charge is 0.397 e. The number of carbonyl (C=O) groups is 1. The average Bonchev–Trinajstić information content (AvgIpc) is 2.05. The Hall–Kier alpha value is -1.58. The first-order chi connectivity index (χ1) is 5.75. The maximum Gasteiger partial charge on any atom is 0.225 e. The zero-order valence-corrected chi connectivity index (χ0v) is 6.50. The van der Waals surface area contributed by atoms with Gasteiger partial charge in [0.2, 0.25) is 5.91 Å². The Labute approximate surface area is 69.8 Å². The zero-order chi connectivity index (χ0) is 8.55. The summed E-state index contributed by atoms with van der Waals surface area (Å²) < 4.78 is 0. The predicted octanol–water partition coefficient (Wildman–Crippen LogP) is 0.549. The normalized spacial score (nSPS) is 15.2. The van der Waals surface area contributed by atoms with E-state index in [1.807, 2.05) is 6.07 Å². The molecule has 1 amide bonds. The van der Waals surface area contributed by atoms with E-state index in [0.717, 1.165) is 12.0 Å². The molecule has 2 rings (SSSR count). The van der Waals surface area contributed by atoms with Gasteiger partial charge in [-0.2, -0.15) is 0 Å². The summed E-state index contributed by atoms with van der Waals surface area (Å²) >= 11 is 0. The number of aryl methyl sites for hydroxylation is 1. The van der Waals surface area contributed by atoms with Gasteiger partial charge in [0.05, 0.1) is 11.9 Å². The molecule has 0 aliphatic carbocycles. The number of fused-ring (bicyclic) bond motifs is 1. The van der Waals surface area contributed by atoms with E-state index in [9.17, 15) is 4.79 Å². The summed E-state index contributed by atoms with van der Waals surface area (Å²) in [5.41, 5.74) is 7.21. The van der Waals surface area contributed by atoms with E-state index in [2.05, 4.69) is 10.3 Å². The number of hydrogen-bond acceptors (Lipinski definition) is 3. The highest BCUT2D eigenvalue weighted by Gasteiger charge is 2.15. The van der Waals surface area contributed by atoms with Gasteiger partial charge < -0.3 is 11.1 Å². The number of amides is 1. The van der Waals surface area contributed by atoms with E-state index in [4.69, 9.17) is 5.73 Å². The summed E-state index contributed by atoms with van der Waals surface area (Å²) in [7, 11) is 0. The first kappa shape index (κ1) is 7.09. The van der Waals surface area contributed by atoms with Gasteiger partial charge in [0.25, 0.3) is 0 Å². The maximum atomic E-state index is 10.9. The van der Waals surface area contributed by atoms with Gasteiger partial charge in [-0.1, -0.05) is 0 Å². The van der Waals surface area contributed by atoms with Crippen molar-refractivity contribution in [2.75, 3.05) is 11.1 Å². The highest BCUT2D eigenvalue weighted by molar-refractivity contribution is 5.92. The van der Waals surface area contributed by atoms with Crippen molar-refractivity contribution < 1.29 is 4.79 Å². The average molecular weight is 163 g/mol. The van der Waals surface area contributed by atoms with Crippen LogP contribution in [0.5, 0.6) is 0 Å². The quantitative estimate of drug-likeness (QED) is 0.586. The minimum atomic E-state index is 0.0276. The third-order valence-electron chi connectivity index (χ3n) is 1.87. The summed E-state index contributed by atoms with van der Waals surface area (Å²) in [5, 5.41) is 2.68. The number of pyridine rings is 1. The molecule has 0 radical (unpaired) electrons. The van der Waals surface area contributed by atoms with Crippen molar-refractivity contribution in [3.63, 3.8) is 0 Å². The van der Waals surface area contributed by atoms with Crippen LogP contribution >= 0.6 is 0 Å². The summed E-state index contributed by atoms with van der Waals surface area (Å²) in [6, 6.07) is 1.85. The molecule has 1 aromatic heterocycles. The third kappa shape index (κ3) is 1.11. The Morgan fingerprint density at radius 3 is 3.17 bits per heavy atom. The zero-order valence-electron chi connectivity index (χ0n) is 6.50. The maximum absolute atomic E-state index is 10.9. The van der Waals surface area contributed by atoms with Crippen LogP contribution in [0.25, 0.3) is 0 Å². The van der Waals surface area contributed by atoms with Crippen molar-refractivity contribution in [2.45, 2.75) is 12.8 Å². The van der Waals surface area contributed by atoms with E-state index in [1.54, 1.807) is 6.20 Å².